The summed E-state index contributed by atoms with van der Waals surface area (Å²) in [6, 6.07) is 4.63. The van der Waals surface area contributed by atoms with E-state index < -0.39 is 0 Å². The van der Waals surface area contributed by atoms with Crippen molar-refractivity contribution >= 4 is 27.7 Å². The molecule has 0 amide bonds. The summed E-state index contributed by atoms with van der Waals surface area (Å²) in [7, 11) is 0. The number of rotatable bonds is 4. The summed E-state index contributed by atoms with van der Waals surface area (Å²) in [6.45, 7) is 0.164. The van der Waals surface area contributed by atoms with Crippen LogP contribution in [0.25, 0.3) is 0 Å². The molecule has 72 valence electrons. The molecule has 0 unspecified atom stereocenters. The Bertz CT molecular complexity index is 280. The van der Waals surface area contributed by atoms with Gasteiger partial charge in [0.1, 0.15) is 5.82 Å². The minimum Gasteiger partial charge on any atom is -0.396 e. The third kappa shape index (κ3) is 3.67. The highest BCUT2D eigenvalue weighted by Crippen LogP contribution is 2.22. The molecule has 0 saturated carbocycles. The number of hydrogen-bond acceptors (Lipinski definition) is 2. The number of benzene rings is 1. The van der Waals surface area contributed by atoms with Gasteiger partial charge in [-0.25, -0.2) is 4.39 Å². The van der Waals surface area contributed by atoms with Crippen molar-refractivity contribution in [2.75, 3.05) is 12.4 Å². The standard InChI is InChI=1S/C9H10BrFOS/c10-9-2-1-8(11)5-7(9)6-13-4-3-12/h1-2,5,12H,3-4,6H2. The minimum atomic E-state index is -0.220. The van der Waals surface area contributed by atoms with Crippen LogP contribution in [0.1, 0.15) is 5.56 Å². The van der Waals surface area contributed by atoms with Gasteiger partial charge in [-0.05, 0) is 23.8 Å². The molecule has 0 aliphatic carbocycles. The van der Waals surface area contributed by atoms with Gasteiger partial charge in [0.05, 0.1) is 6.61 Å². The van der Waals surface area contributed by atoms with Crippen molar-refractivity contribution in [3.63, 3.8) is 0 Å². The van der Waals surface area contributed by atoms with E-state index >= 15 is 0 Å². The van der Waals surface area contributed by atoms with Crippen LogP contribution in [0, 0.1) is 5.82 Å². The SMILES string of the molecule is OCCSCc1cc(F)ccc1Br. The van der Waals surface area contributed by atoms with Crippen molar-refractivity contribution in [1.82, 2.24) is 0 Å². The molecule has 1 aromatic rings. The Labute approximate surface area is 89.5 Å². The first kappa shape index (κ1) is 11.0. The molecule has 0 spiro atoms. The summed E-state index contributed by atoms with van der Waals surface area (Å²) in [4.78, 5) is 0. The first-order valence-electron chi connectivity index (χ1n) is 3.86. The maximum absolute atomic E-state index is 12.8. The van der Waals surface area contributed by atoms with Crippen LogP contribution in [0.4, 0.5) is 4.39 Å². The lowest BCUT2D eigenvalue weighted by Gasteiger charge is -2.03. The van der Waals surface area contributed by atoms with Crippen molar-refractivity contribution in [1.29, 1.82) is 0 Å². The quantitative estimate of drug-likeness (QED) is 0.845. The van der Waals surface area contributed by atoms with Gasteiger partial charge < -0.3 is 5.11 Å². The molecule has 0 aliphatic rings. The zero-order valence-corrected chi connectivity index (χ0v) is 9.37. The van der Waals surface area contributed by atoms with E-state index in [9.17, 15) is 4.39 Å². The van der Waals surface area contributed by atoms with Crippen LogP contribution >= 0.6 is 27.7 Å². The Balaban J connectivity index is 2.59. The molecule has 1 N–H and O–H groups in total. The summed E-state index contributed by atoms with van der Waals surface area (Å²) in [5, 5.41) is 8.56. The van der Waals surface area contributed by atoms with Crippen LogP contribution in [0.15, 0.2) is 22.7 Å². The first-order valence-corrected chi connectivity index (χ1v) is 5.81. The largest absolute Gasteiger partial charge is 0.396 e. The summed E-state index contributed by atoms with van der Waals surface area (Å²) in [5.41, 5.74) is 0.929. The second kappa shape index (κ2) is 5.62. The molecule has 1 nitrogen and oxygen atoms in total. The Morgan fingerprint density at radius 2 is 2.23 bits per heavy atom. The van der Waals surface area contributed by atoms with E-state index in [0.717, 1.165) is 15.8 Å². The van der Waals surface area contributed by atoms with Gasteiger partial charge in [0.2, 0.25) is 0 Å². The first-order chi connectivity index (χ1) is 6.24. The maximum atomic E-state index is 12.8. The lowest BCUT2D eigenvalue weighted by Crippen LogP contribution is -1.89. The normalized spacial score (nSPS) is 10.4. The average Bonchev–Trinajstić information content (AvgIpc) is 2.11. The second-order valence-corrected chi connectivity index (χ2v) is 4.47. The monoisotopic (exact) mass is 264 g/mol. The molecule has 0 atom stereocenters. The summed E-state index contributed by atoms with van der Waals surface area (Å²) in [6.07, 6.45) is 0. The minimum absolute atomic E-state index is 0.164. The number of thioether (sulfide) groups is 1. The predicted molar refractivity (Wildman–Crippen MR) is 57.3 cm³/mol. The lowest BCUT2D eigenvalue weighted by molar-refractivity contribution is 0.322. The molecule has 0 aliphatic heterocycles. The van der Waals surface area contributed by atoms with Crippen LogP contribution in [0.2, 0.25) is 0 Å². The van der Waals surface area contributed by atoms with Crippen LogP contribution in [-0.2, 0) is 5.75 Å². The van der Waals surface area contributed by atoms with Crippen LogP contribution < -0.4 is 0 Å². The highest BCUT2D eigenvalue weighted by molar-refractivity contribution is 9.10. The Morgan fingerprint density at radius 1 is 1.46 bits per heavy atom. The molecule has 0 radical (unpaired) electrons. The van der Waals surface area contributed by atoms with Crippen LogP contribution in [0.3, 0.4) is 0 Å². The van der Waals surface area contributed by atoms with Crippen molar-refractivity contribution in [2.24, 2.45) is 0 Å². The molecular formula is C9H10BrFOS. The second-order valence-electron chi connectivity index (χ2n) is 2.51. The third-order valence-corrected chi connectivity index (χ3v) is 3.26. The average molecular weight is 265 g/mol. The van der Waals surface area contributed by atoms with Crippen molar-refractivity contribution < 1.29 is 9.50 Å². The Kier molecular flexibility index (Phi) is 4.77. The third-order valence-electron chi connectivity index (χ3n) is 1.50. The highest BCUT2D eigenvalue weighted by Gasteiger charge is 2.01. The summed E-state index contributed by atoms with van der Waals surface area (Å²) in [5.74, 6) is 1.18. The summed E-state index contributed by atoms with van der Waals surface area (Å²) >= 11 is 4.92. The molecule has 0 saturated heterocycles. The fraction of sp³-hybridized carbons (Fsp3) is 0.333. The van der Waals surface area contributed by atoms with Crippen molar-refractivity contribution in [3.8, 4) is 0 Å². The Hall–Kier alpha value is -0.0600. The molecule has 1 rings (SSSR count). The van der Waals surface area contributed by atoms with E-state index in [1.54, 1.807) is 17.8 Å². The van der Waals surface area contributed by atoms with Crippen LogP contribution in [0.5, 0.6) is 0 Å². The van der Waals surface area contributed by atoms with E-state index in [0.29, 0.717) is 5.75 Å². The number of halogens is 2. The fourth-order valence-corrected chi connectivity index (χ4v) is 2.21. The molecule has 4 heteroatoms. The zero-order chi connectivity index (χ0) is 9.68. The van der Waals surface area contributed by atoms with Gasteiger partial charge in [-0.1, -0.05) is 15.9 Å². The van der Waals surface area contributed by atoms with Crippen molar-refractivity contribution in [2.45, 2.75) is 5.75 Å². The van der Waals surface area contributed by atoms with Crippen molar-refractivity contribution in [3.05, 3.63) is 34.1 Å². The van der Waals surface area contributed by atoms with Gasteiger partial charge in [-0.15, -0.1) is 0 Å². The molecule has 0 bridgehead atoms. The maximum Gasteiger partial charge on any atom is 0.123 e. The number of aliphatic hydroxyl groups excluding tert-OH is 1. The predicted octanol–water partition coefficient (Wildman–Crippen LogP) is 2.81. The van der Waals surface area contributed by atoms with Crippen LogP contribution in [-0.4, -0.2) is 17.5 Å². The number of hydrogen-bond donors (Lipinski definition) is 1. The van der Waals surface area contributed by atoms with Gasteiger partial charge in [0.25, 0.3) is 0 Å². The fourth-order valence-electron chi connectivity index (χ4n) is 0.901. The van der Waals surface area contributed by atoms with E-state index in [-0.39, 0.29) is 12.4 Å². The smallest absolute Gasteiger partial charge is 0.123 e. The topological polar surface area (TPSA) is 20.2 Å². The molecule has 13 heavy (non-hydrogen) atoms. The Morgan fingerprint density at radius 3 is 2.92 bits per heavy atom. The van der Waals surface area contributed by atoms with E-state index in [4.69, 9.17) is 5.11 Å². The summed E-state index contributed by atoms with van der Waals surface area (Å²) < 4.78 is 13.7. The molecule has 0 aromatic heterocycles. The van der Waals surface area contributed by atoms with E-state index in [2.05, 4.69) is 15.9 Å². The van der Waals surface area contributed by atoms with Gasteiger partial charge in [-0.3, -0.25) is 0 Å². The van der Waals surface area contributed by atoms with E-state index in [1.165, 1.54) is 12.1 Å². The molecule has 0 fully saturated rings. The molecular weight excluding hydrogens is 255 g/mol. The molecule has 1 aromatic carbocycles. The van der Waals surface area contributed by atoms with Gasteiger partial charge in [0.15, 0.2) is 0 Å². The molecule has 0 heterocycles. The van der Waals surface area contributed by atoms with Gasteiger partial charge in [0, 0.05) is 16.0 Å². The lowest BCUT2D eigenvalue weighted by atomic mass is 10.2. The highest BCUT2D eigenvalue weighted by atomic mass is 79.9. The zero-order valence-electron chi connectivity index (χ0n) is 6.96. The van der Waals surface area contributed by atoms with E-state index in [1.807, 2.05) is 0 Å². The van der Waals surface area contributed by atoms with Gasteiger partial charge >= 0.3 is 0 Å². The van der Waals surface area contributed by atoms with Gasteiger partial charge in [-0.2, -0.15) is 11.8 Å². The number of aliphatic hydroxyl groups is 1.